The third kappa shape index (κ3) is 21.3. The molecule has 0 aromatic carbocycles. The maximum Gasteiger partial charge on any atom is 0.344 e. The van der Waals surface area contributed by atoms with Crippen molar-refractivity contribution in [2.24, 2.45) is 0 Å². The van der Waals surface area contributed by atoms with E-state index in [-0.39, 0.29) is 32.8 Å². The predicted molar refractivity (Wildman–Crippen MR) is 176 cm³/mol. The number of allylic oxidation sites excluding steroid dienone is 1. The molecule has 12 nitrogen and oxygen atoms in total. The van der Waals surface area contributed by atoms with Gasteiger partial charge in [0.1, 0.15) is 0 Å². The largest absolute Gasteiger partial charge is 0.464 e. The lowest BCUT2D eigenvalue weighted by atomic mass is 9.94. The molecule has 0 fully saturated rings. The maximum absolute atomic E-state index is 12.5. The van der Waals surface area contributed by atoms with Gasteiger partial charge in [-0.25, -0.2) is 19.2 Å². The van der Waals surface area contributed by atoms with Crippen molar-refractivity contribution < 1.29 is 47.7 Å². The molecule has 0 heterocycles. The summed E-state index contributed by atoms with van der Waals surface area (Å²) in [7, 11) is 0. The zero-order chi connectivity index (χ0) is 35.2. The fourth-order valence-electron chi connectivity index (χ4n) is 4.39. The molecule has 0 aliphatic rings. The molecular formula is C34H60N2O10. The molecule has 0 aliphatic heterocycles. The Hall–Kier alpha value is -3.44. The summed E-state index contributed by atoms with van der Waals surface area (Å²) >= 11 is 0. The molecule has 0 bridgehead atoms. The minimum absolute atomic E-state index is 0.0161. The molecule has 2 amide bonds. The van der Waals surface area contributed by atoms with Gasteiger partial charge in [-0.3, -0.25) is 9.59 Å². The smallest absolute Gasteiger partial charge is 0.344 e. The summed E-state index contributed by atoms with van der Waals surface area (Å²) in [5.74, 6) is -4.19. The van der Waals surface area contributed by atoms with Gasteiger partial charge in [-0.15, -0.1) is 0 Å². The molecule has 0 spiro atoms. The summed E-state index contributed by atoms with van der Waals surface area (Å²) in [6.07, 6.45) is 18.8. The van der Waals surface area contributed by atoms with Crippen molar-refractivity contribution in [3.05, 3.63) is 12.2 Å². The third-order valence-electron chi connectivity index (χ3n) is 6.59. The van der Waals surface area contributed by atoms with Gasteiger partial charge < -0.3 is 29.6 Å². The number of esters is 4. The average Bonchev–Trinajstić information content (AvgIpc) is 2.99. The number of hydrogen-bond donors (Lipinski definition) is 2. The number of nitrogens with one attached hydrogen (secondary N) is 2. The Kier molecular flexibility index (Phi) is 28.2. The van der Waals surface area contributed by atoms with Crippen LogP contribution in [-0.2, 0) is 47.7 Å². The highest BCUT2D eigenvalue weighted by Crippen LogP contribution is 2.18. The minimum atomic E-state index is -1.83. The van der Waals surface area contributed by atoms with Gasteiger partial charge in [0.25, 0.3) is 0 Å². The quantitative estimate of drug-likeness (QED) is 0.0461. The van der Waals surface area contributed by atoms with Gasteiger partial charge in [0, 0.05) is 20.3 Å². The van der Waals surface area contributed by atoms with Gasteiger partial charge in [0.2, 0.25) is 23.4 Å². The van der Waals surface area contributed by atoms with Crippen LogP contribution in [-0.4, -0.2) is 73.7 Å². The average molecular weight is 657 g/mol. The molecule has 0 atom stereocenters. The van der Waals surface area contributed by atoms with Crippen molar-refractivity contribution in [3.63, 3.8) is 0 Å². The summed E-state index contributed by atoms with van der Waals surface area (Å²) in [6.45, 7) is 11.7. The van der Waals surface area contributed by atoms with E-state index in [1.165, 1.54) is 78.1 Å². The lowest BCUT2D eigenvalue weighted by Gasteiger charge is -2.28. The lowest BCUT2D eigenvalue weighted by Crippen LogP contribution is -2.60. The monoisotopic (exact) mass is 656 g/mol. The Morgan fingerprint density at radius 2 is 0.978 bits per heavy atom. The van der Waals surface area contributed by atoms with Crippen molar-refractivity contribution in [2.75, 3.05) is 26.4 Å². The van der Waals surface area contributed by atoms with E-state index in [0.717, 1.165) is 12.8 Å². The molecule has 46 heavy (non-hydrogen) atoms. The van der Waals surface area contributed by atoms with E-state index in [0.29, 0.717) is 0 Å². The van der Waals surface area contributed by atoms with Crippen molar-refractivity contribution in [3.8, 4) is 0 Å². The van der Waals surface area contributed by atoms with E-state index in [4.69, 9.17) is 9.47 Å². The Bertz CT molecular complexity index is 884. The zero-order valence-electron chi connectivity index (χ0n) is 29.3. The standard InChI is InChI=1S/C25H45NO5.C9H15NO5/c1-5-8-9-10-11-12-13-14-15-16-17-18-19-20-21-25(26-22(4)27,23(28)30-6-2)24(29)31-7-3;1-4-14-8(12)7(10-6(3)11)9(13)15-5-2/h19-20H,5-18,21H2,1-4H3,(H,26,27);7H,4-5H2,1-3H3,(H,10,11). The van der Waals surface area contributed by atoms with Gasteiger partial charge in [0.05, 0.1) is 26.4 Å². The number of rotatable bonds is 24. The summed E-state index contributed by atoms with van der Waals surface area (Å²) in [5.41, 5.74) is -1.83. The highest BCUT2D eigenvalue weighted by molar-refractivity contribution is 6.08. The number of carbonyl (C=O) groups excluding carboxylic acids is 6. The summed E-state index contributed by atoms with van der Waals surface area (Å²) < 4.78 is 19.3. The zero-order valence-corrected chi connectivity index (χ0v) is 29.3. The van der Waals surface area contributed by atoms with Crippen LogP contribution in [0.1, 0.15) is 132 Å². The fourth-order valence-corrected chi connectivity index (χ4v) is 4.39. The fraction of sp³-hybridized carbons (Fsp3) is 0.765. The molecule has 266 valence electrons. The van der Waals surface area contributed by atoms with Crippen molar-refractivity contribution in [2.45, 2.75) is 144 Å². The molecular weight excluding hydrogens is 596 g/mol. The van der Waals surface area contributed by atoms with E-state index < -0.39 is 47.3 Å². The second kappa shape index (κ2) is 29.0. The Labute approximate surface area is 276 Å². The lowest BCUT2D eigenvalue weighted by molar-refractivity contribution is -0.168. The van der Waals surface area contributed by atoms with Crippen LogP contribution in [0.4, 0.5) is 0 Å². The summed E-state index contributed by atoms with van der Waals surface area (Å²) in [4.78, 5) is 70.0. The summed E-state index contributed by atoms with van der Waals surface area (Å²) in [5, 5.41) is 4.63. The molecule has 0 unspecified atom stereocenters. The molecule has 0 aromatic heterocycles. The van der Waals surface area contributed by atoms with E-state index >= 15 is 0 Å². The van der Waals surface area contributed by atoms with E-state index in [9.17, 15) is 28.8 Å². The number of ether oxygens (including phenoxy) is 4. The minimum Gasteiger partial charge on any atom is -0.464 e. The van der Waals surface area contributed by atoms with Crippen molar-refractivity contribution in [1.29, 1.82) is 0 Å². The van der Waals surface area contributed by atoms with Crippen LogP contribution >= 0.6 is 0 Å². The Balaban J connectivity index is 0. The number of carbonyl (C=O) groups is 6. The maximum atomic E-state index is 12.5. The number of hydrogen-bond acceptors (Lipinski definition) is 10. The topological polar surface area (TPSA) is 163 Å². The first-order valence-corrected chi connectivity index (χ1v) is 16.9. The number of unbranched alkanes of at least 4 members (excludes halogenated alkanes) is 11. The third-order valence-corrected chi connectivity index (χ3v) is 6.59. The van der Waals surface area contributed by atoms with Crippen LogP contribution in [0.25, 0.3) is 0 Å². The Morgan fingerprint density at radius 1 is 0.565 bits per heavy atom. The molecule has 0 saturated carbocycles. The molecule has 0 radical (unpaired) electrons. The molecule has 0 aromatic rings. The second-order valence-corrected chi connectivity index (χ2v) is 10.7. The van der Waals surface area contributed by atoms with Gasteiger partial charge >= 0.3 is 23.9 Å². The van der Waals surface area contributed by atoms with Crippen LogP contribution < -0.4 is 10.6 Å². The molecule has 2 N–H and O–H groups in total. The van der Waals surface area contributed by atoms with Crippen LogP contribution in [0, 0.1) is 0 Å². The second-order valence-electron chi connectivity index (χ2n) is 10.7. The summed E-state index contributed by atoms with van der Waals surface area (Å²) in [6, 6.07) is -1.37. The molecule has 0 saturated heterocycles. The number of amides is 2. The first kappa shape index (κ1) is 44.7. The molecule has 0 rings (SSSR count). The first-order chi connectivity index (χ1) is 22.0. The Morgan fingerprint density at radius 3 is 1.35 bits per heavy atom. The van der Waals surface area contributed by atoms with E-state index in [2.05, 4.69) is 27.0 Å². The van der Waals surface area contributed by atoms with Crippen molar-refractivity contribution >= 4 is 35.7 Å². The van der Waals surface area contributed by atoms with Gasteiger partial charge in [0.15, 0.2) is 0 Å². The molecule has 0 aliphatic carbocycles. The van der Waals surface area contributed by atoms with Gasteiger partial charge in [-0.2, -0.15) is 0 Å². The highest BCUT2D eigenvalue weighted by atomic mass is 16.6. The SMILES string of the molecule is CCCCCCCCCCCCCC=CCC(NC(C)=O)(C(=O)OCC)C(=O)OCC.CCOC(=O)C(NC(C)=O)C(=O)OCC. The first-order valence-electron chi connectivity index (χ1n) is 16.9. The normalized spacial score (nSPS) is 10.9. The van der Waals surface area contributed by atoms with Gasteiger partial charge in [-0.1, -0.05) is 83.3 Å². The van der Waals surface area contributed by atoms with Crippen LogP contribution in [0.3, 0.4) is 0 Å². The van der Waals surface area contributed by atoms with Crippen molar-refractivity contribution in [1.82, 2.24) is 10.6 Å². The van der Waals surface area contributed by atoms with E-state index in [1.54, 1.807) is 33.8 Å². The van der Waals surface area contributed by atoms with Crippen LogP contribution in [0.2, 0.25) is 0 Å². The van der Waals surface area contributed by atoms with Gasteiger partial charge in [-0.05, 0) is 40.5 Å². The molecule has 12 heteroatoms. The van der Waals surface area contributed by atoms with Crippen LogP contribution in [0.5, 0.6) is 0 Å². The van der Waals surface area contributed by atoms with Crippen LogP contribution in [0.15, 0.2) is 12.2 Å². The highest BCUT2D eigenvalue weighted by Gasteiger charge is 2.49. The van der Waals surface area contributed by atoms with E-state index in [1.807, 2.05) is 6.08 Å². The predicted octanol–water partition coefficient (Wildman–Crippen LogP) is 5.25.